The van der Waals surface area contributed by atoms with E-state index in [1.807, 2.05) is 0 Å². The van der Waals surface area contributed by atoms with Gasteiger partial charge in [-0.3, -0.25) is 0 Å². The molecule has 0 spiro atoms. The number of benzene rings is 1. The molecular weight excluding hydrogens is 180 g/mol. The van der Waals surface area contributed by atoms with Crippen molar-refractivity contribution in [2.45, 2.75) is 6.42 Å². The zero-order valence-electron chi connectivity index (χ0n) is 7.99. The van der Waals surface area contributed by atoms with Crippen LogP contribution in [0.4, 0.5) is 0 Å². The predicted molar refractivity (Wildman–Crippen MR) is 53.9 cm³/mol. The second-order valence-electron chi connectivity index (χ2n) is 2.82. The third kappa shape index (κ3) is 2.13. The molecule has 0 aliphatic rings. The van der Waals surface area contributed by atoms with Crippen LogP contribution < -0.4 is 4.74 Å². The Kier molecular flexibility index (Phi) is 3.29. The summed E-state index contributed by atoms with van der Waals surface area (Å²) in [6.45, 7) is 3.57. The maximum absolute atomic E-state index is 10.9. The maximum Gasteiger partial charge on any atom is 0.336 e. The number of carboxylic acid groups (broad SMARTS) is 1. The van der Waals surface area contributed by atoms with Crippen LogP contribution in [0.1, 0.15) is 15.9 Å². The standard InChI is InChI=1S/C11H12O3/c1-3-4-8-5-6-9(14-2)7-10(8)11(12)13/h3,5-7H,1,4H2,2H3,(H,12,13). The van der Waals surface area contributed by atoms with E-state index in [0.717, 1.165) is 5.56 Å². The van der Waals surface area contributed by atoms with Crippen LogP contribution in [-0.2, 0) is 6.42 Å². The van der Waals surface area contributed by atoms with Crippen molar-refractivity contribution >= 4 is 5.97 Å². The van der Waals surface area contributed by atoms with Crippen molar-refractivity contribution in [3.8, 4) is 5.75 Å². The average Bonchev–Trinajstić information content (AvgIpc) is 2.18. The zero-order valence-corrected chi connectivity index (χ0v) is 7.99. The highest BCUT2D eigenvalue weighted by molar-refractivity contribution is 5.90. The van der Waals surface area contributed by atoms with Crippen molar-refractivity contribution in [1.29, 1.82) is 0 Å². The van der Waals surface area contributed by atoms with Crippen LogP contribution in [0, 0.1) is 0 Å². The van der Waals surface area contributed by atoms with E-state index in [1.54, 1.807) is 18.2 Å². The van der Waals surface area contributed by atoms with Gasteiger partial charge in [-0.25, -0.2) is 4.79 Å². The number of aromatic carboxylic acids is 1. The molecule has 1 N–H and O–H groups in total. The Hall–Kier alpha value is -1.77. The Balaban J connectivity index is 3.16. The molecule has 0 amide bonds. The van der Waals surface area contributed by atoms with Gasteiger partial charge in [-0.05, 0) is 24.1 Å². The molecular formula is C11H12O3. The number of rotatable bonds is 4. The summed E-state index contributed by atoms with van der Waals surface area (Å²) in [6, 6.07) is 5.00. The molecule has 1 rings (SSSR count). The first kappa shape index (κ1) is 10.3. The molecule has 0 fully saturated rings. The fourth-order valence-corrected chi connectivity index (χ4v) is 1.22. The summed E-state index contributed by atoms with van der Waals surface area (Å²) in [4.78, 5) is 10.9. The molecule has 0 aromatic heterocycles. The molecule has 0 heterocycles. The highest BCUT2D eigenvalue weighted by atomic mass is 16.5. The molecule has 1 aromatic carbocycles. The SMILES string of the molecule is C=CCc1ccc(OC)cc1C(=O)O. The Morgan fingerprint density at radius 3 is 2.86 bits per heavy atom. The lowest BCUT2D eigenvalue weighted by Crippen LogP contribution is -2.02. The van der Waals surface area contributed by atoms with E-state index in [-0.39, 0.29) is 5.56 Å². The van der Waals surface area contributed by atoms with E-state index in [4.69, 9.17) is 9.84 Å². The van der Waals surface area contributed by atoms with Crippen LogP contribution in [0.3, 0.4) is 0 Å². The van der Waals surface area contributed by atoms with Gasteiger partial charge in [0.1, 0.15) is 5.75 Å². The van der Waals surface area contributed by atoms with Gasteiger partial charge >= 0.3 is 5.97 Å². The highest BCUT2D eigenvalue weighted by Crippen LogP contribution is 2.18. The second-order valence-corrected chi connectivity index (χ2v) is 2.82. The highest BCUT2D eigenvalue weighted by Gasteiger charge is 2.09. The number of methoxy groups -OCH3 is 1. The quantitative estimate of drug-likeness (QED) is 0.743. The molecule has 3 heteroatoms. The van der Waals surface area contributed by atoms with Gasteiger partial charge in [0.15, 0.2) is 0 Å². The molecule has 0 saturated carbocycles. The van der Waals surface area contributed by atoms with Crippen molar-refractivity contribution in [2.75, 3.05) is 7.11 Å². The van der Waals surface area contributed by atoms with E-state index in [9.17, 15) is 4.79 Å². The van der Waals surface area contributed by atoms with Crippen LogP contribution in [-0.4, -0.2) is 18.2 Å². The lowest BCUT2D eigenvalue weighted by Gasteiger charge is -2.05. The molecule has 14 heavy (non-hydrogen) atoms. The first-order valence-corrected chi connectivity index (χ1v) is 4.20. The lowest BCUT2D eigenvalue weighted by molar-refractivity contribution is 0.0695. The topological polar surface area (TPSA) is 46.5 Å². The van der Waals surface area contributed by atoms with Crippen LogP contribution in [0.5, 0.6) is 5.75 Å². The summed E-state index contributed by atoms with van der Waals surface area (Å²) in [5.74, 6) is -0.393. The normalized spacial score (nSPS) is 9.50. The first-order chi connectivity index (χ1) is 6.69. The van der Waals surface area contributed by atoms with Crippen LogP contribution in [0.15, 0.2) is 30.9 Å². The van der Waals surface area contributed by atoms with Gasteiger partial charge in [-0.2, -0.15) is 0 Å². The predicted octanol–water partition coefficient (Wildman–Crippen LogP) is 2.12. The molecule has 0 aliphatic heterocycles. The maximum atomic E-state index is 10.9. The van der Waals surface area contributed by atoms with E-state index < -0.39 is 5.97 Å². The summed E-state index contributed by atoms with van der Waals surface area (Å²) in [5.41, 5.74) is 1.01. The van der Waals surface area contributed by atoms with E-state index in [2.05, 4.69) is 6.58 Å². The van der Waals surface area contributed by atoms with Crippen molar-refractivity contribution in [2.24, 2.45) is 0 Å². The third-order valence-electron chi connectivity index (χ3n) is 1.91. The molecule has 0 aliphatic carbocycles. The number of ether oxygens (including phenoxy) is 1. The Bertz CT molecular complexity index is 356. The van der Waals surface area contributed by atoms with E-state index >= 15 is 0 Å². The average molecular weight is 192 g/mol. The minimum absolute atomic E-state index is 0.268. The summed E-state index contributed by atoms with van der Waals surface area (Å²) >= 11 is 0. The molecule has 0 radical (unpaired) electrons. The molecule has 74 valence electrons. The Morgan fingerprint density at radius 2 is 2.36 bits per heavy atom. The molecule has 0 atom stereocenters. The first-order valence-electron chi connectivity index (χ1n) is 4.20. The van der Waals surface area contributed by atoms with Gasteiger partial charge in [0, 0.05) is 0 Å². The molecule has 0 unspecified atom stereocenters. The van der Waals surface area contributed by atoms with E-state index in [1.165, 1.54) is 13.2 Å². The Labute approximate surface area is 82.6 Å². The van der Waals surface area contributed by atoms with Crippen molar-refractivity contribution in [3.05, 3.63) is 42.0 Å². The second kappa shape index (κ2) is 4.46. The van der Waals surface area contributed by atoms with Gasteiger partial charge in [0.2, 0.25) is 0 Å². The fraction of sp³-hybridized carbons (Fsp3) is 0.182. The van der Waals surface area contributed by atoms with Crippen LogP contribution >= 0.6 is 0 Å². The van der Waals surface area contributed by atoms with Gasteiger partial charge in [-0.15, -0.1) is 6.58 Å². The number of hydrogen-bond acceptors (Lipinski definition) is 2. The summed E-state index contributed by atoms with van der Waals surface area (Å²) < 4.78 is 4.95. The van der Waals surface area contributed by atoms with Crippen molar-refractivity contribution in [1.82, 2.24) is 0 Å². The number of carboxylic acids is 1. The number of hydrogen-bond donors (Lipinski definition) is 1. The van der Waals surface area contributed by atoms with Crippen LogP contribution in [0.2, 0.25) is 0 Å². The molecule has 0 bridgehead atoms. The smallest absolute Gasteiger partial charge is 0.336 e. The molecule has 0 saturated heterocycles. The summed E-state index contributed by atoms with van der Waals surface area (Å²) in [6.07, 6.45) is 2.22. The molecule has 1 aromatic rings. The lowest BCUT2D eigenvalue weighted by atomic mass is 10.0. The monoisotopic (exact) mass is 192 g/mol. The minimum Gasteiger partial charge on any atom is -0.497 e. The largest absolute Gasteiger partial charge is 0.497 e. The third-order valence-corrected chi connectivity index (χ3v) is 1.91. The van der Waals surface area contributed by atoms with Crippen LogP contribution in [0.25, 0.3) is 0 Å². The van der Waals surface area contributed by atoms with Crippen molar-refractivity contribution in [3.63, 3.8) is 0 Å². The Morgan fingerprint density at radius 1 is 1.64 bits per heavy atom. The van der Waals surface area contributed by atoms with Gasteiger partial charge in [0.25, 0.3) is 0 Å². The number of allylic oxidation sites excluding steroid dienone is 1. The summed E-state index contributed by atoms with van der Waals surface area (Å²) in [5, 5.41) is 8.92. The van der Waals surface area contributed by atoms with Gasteiger partial charge in [-0.1, -0.05) is 12.1 Å². The van der Waals surface area contributed by atoms with Gasteiger partial charge in [0.05, 0.1) is 12.7 Å². The fourth-order valence-electron chi connectivity index (χ4n) is 1.22. The molecule has 3 nitrogen and oxygen atoms in total. The van der Waals surface area contributed by atoms with Gasteiger partial charge < -0.3 is 9.84 Å². The minimum atomic E-state index is -0.944. The van der Waals surface area contributed by atoms with E-state index in [0.29, 0.717) is 12.2 Å². The summed E-state index contributed by atoms with van der Waals surface area (Å²) in [7, 11) is 1.51. The number of carbonyl (C=O) groups is 1. The zero-order chi connectivity index (χ0) is 10.6. The van der Waals surface area contributed by atoms with Crippen molar-refractivity contribution < 1.29 is 14.6 Å².